The summed E-state index contributed by atoms with van der Waals surface area (Å²) in [6.45, 7) is 0. The van der Waals surface area contributed by atoms with E-state index in [1.165, 1.54) is 5.56 Å². The van der Waals surface area contributed by atoms with Crippen LogP contribution in [-0.2, 0) is 0 Å². The standard InChI is InChI=1S/C16H13BrClN5/c17-12-5-1-10(2-6-12)14-9-15(11-3-7-13(18)8-4-11)23-16(19-14)20-21-22-23/h1-8,14-15H,9H2,(H,19,20,22)/t14-,15+/m1/s1. The van der Waals surface area contributed by atoms with Crippen LogP contribution in [0.1, 0.15) is 29.6 Å². The quantitative estimate of drug-likeness (QED) is 0.711. The minimum atomic E-state index is 0.0761. The number of tetrazole rings is 1. The van der Waals surface area contributed by atoms with Crippen molar-refractivity contribution in [2.75, 3.05) is 5.32 Å². The minimum Gasteiger partial charge on any atom is -0.346 e. The molecule has 7 heteroatoms. The van der Waals surface area contributed by atoms with Gasteiger partial charge in [-0.1, -0.05) is 56.9 Å². The fourth-order valence-corrected chi connectivity index (χ4v) is 3.30. The number of aromatic nitrogens is 4. The molecule has 1 N–H and O–H groups in total. The van der Waals surface area contributed by atoms with E-state index in [9.17, 15) is 0 Å². The molecular weight excluding hydrogens is 378 g/mol. The van der Waals surface area contributed by atoms with E-state index >= 15 is 0 Å². The molecule has 2 heterocycles. The lowest BCUT2D eigenvalue weighted by atomic mass is 9.93. The fourth-order valence-electron chi connectivity index (χ4n) is 2.91. The van der Waals surface area contributed by atoms with Gasteiger partial charge in [-0.25, -0.2) is 4.68 Å². The third kappa shape index (κ3) is 2.84. The van der Waals surface area contributed by atoms with Crippen molar-refractivity contribution < 1.29 is 0 Å². The molecule has 3 aromatic rings. The van der Waals surface area contributed by atoms with Crippen molar-refractivity contribution in [2.45, 2.75) is 18.5 Å². The molecule has 0 amide bonds. The fraction of sp³-hybridized carbons (Fsp3) is 0.188. The van der Waals surface area contributed by atoms with Crippen LogP contribution >= 0.6 is 27.5 Å². The highest BCUT2D eigenvalue weighted by Crippen LogP contribution is 2.37. The highest BCUT2D eigenvalue weighted by atomic mass is 79.9. The summed E-state index contributed by atoms with van der Waals surface area (Å²) in [5.74, 6) is 0.684. The molecule has 0 fully saturated rings. The van der Waals surface area contributed by atoms with Crippen molar-refractivity contribution in [1.29, 1.82) is 0 Å². The Morgan fingerprint density at radius 2 is 1.74 bits per heavy atom. The zero-order valence-electron chi connectivity index (χ0n) is 12.0. The Bertz CT molecular complexity index is 815. The van der Waals surface area contributed by atoms with E-state index in [0.717, 1.165) is 21.5 Å². The van der Waals surface area contributed by atoms with E-state index in [0.29, 0.717) is 5.95 Å². The van der Waals surface area contributed by atoms with Gasteiger partial charge in [0.05, 0.1) is 12.1 Å². The van der Waals surface area contributed by atoms with Gasteiger partial charge in [-0.2, -0.15) is 0 Å². The predicted octanol–water partition coefficient (Wildman–Crippen LogP) is 4.24. The zero-order chi connectivity index (χ0) is 15.8. The molecule has 116 valence electrons. The Morgan fingerprint density at radius 1 is 1.04 bits per heavy atom. The number of benzene rings is 2. The predicted molar refractivity (Wildman–Crippen MR) is 92.5 cm³/mol. The maximum atomic E-state index is 6.01. The van der Waals surface area contributed by atoms with Gasteiger partial charge in [-0.05, 0) is 52.2 Å². The van der Waals surface area contributed by atoms with Crippen molar-refractivity contribution in [3.63, 3.8) is 0 Å². The molecule has 1 aliphatic heterocycles. The van der Waals surface area contributed by atoms with Crippen LogP contribution in [0.4, 0.5) is 5.95 Å². The first-order valence-electron chi connectivity index (χ1n) is 7.26. The van der Waals surface area contributed by atoms with Crippen LogP contribution in [0.3, 0.4) is 0 Å². The Hall–Kier alpha value is -1.92. The molecular formula is C16H13BrClN5. The number of anilines is 1. The molecule has 1 aromatic heterocycles. The molecule has 5 nitrogen and oxygen atoms in total. The lowest BCUT2D eigenvalue weighted by Crippen LogP contribution is -2.28. The molecule has 0 saturated heterocycles. The summed E-state index contributed by atoms with van der Waals surface area (Å²) in [7, 11) is 0. The molecule has 0 saturated carbocycles. The number of rotatable bonds is 2. The molecule has 2 atom stereocenters. The van der Waals surface area contributed by atoms with Gasteiger partial charge in [0.25, 0.3) is 0 Å². The second kappa shape index (κ2) is 5.94. The van der Waals surface area contributed by atoms with E-state index in [-0.39, 0.29) is 12.1 Å². The third-order valence-electron chi connectivity index (χ3n) is 4.08. The first-order valence-corrected chi connectivity index (χ1v) is 8.43. The number of fused-ring (bicyclic) bond motifs is 1. The monoisotopic (exact) mass is 389 g/mol. The third-order valence-corrected chi connectivity index (χ3v) is 4.86. The lowest BCUT2D eigenvalue weighted by molar-refractivity contribution is 0.424. The molecule has 23 heavy (non-hydrogen) atoms. The normalized spacial score (nSPS) is 19.9. The molecule has 1 aliphatic rings. The van der Waals surface area contributed by atoms with Crippen LogP contribution in [0.25, 0.3) is 0 Å². The summed E-state index contributed by atoms with van der Waals surface area (Å²) in [5.41, 5.74) is 2.35. The van der Waals surface area contributed by atoms with E-state index in [1.807, 2.05) is 41.1 Å². The van der Waals surface area contributed by atoms with Crippen LogP contribution in [0.5, 0.6) is 0 Å². The second-order valence-electron chi connectivity index (χ2n) is 5.50. The average Bonchev–Trinajstić information content (AvgIpc) is 3.04. The Labute approximate surface area is 146 Å². The number of hydrogen-bond acceptors (Lipinski definition) is 4. The van der Waals surface area contributed by atoms with Crippen molar-refractivity contribution in [1.82, 2.24) is 20.2 Å². The summed E-state index contributed by atoms with van der Waals surface area (Å²) in [6, 6.07) is 16.4. The van der Waals surface area contributed by atoms with Crippen LogP contribution in [-0.4, -0.2) is 20.2 Å². The van der Waals surface area contributed by atoms with Gasteiger partial charge < -0.3 is 5.32 Å². The maximum absolute atomic E-state index is 6.01. The second-order valence-corrected chi connectivity index (χ2v) is 6.85. The van der Waals surface area contributed by atoms with Gasteiger partial charge in [-0.3, -0.25) is 0 Å². The lowest BCUT2D eigenvalue weighted by Gasteiger charge is -2.31. The first-order chi connectivity index (χ1) is 11.2. The molecule has 0 spiro atoms. The van der Waals surface area contributed by atoms with E-state index < -0.39 is 0 Å². The highest BCUT2D eigenvalue weighted by Gasteiger charge is 2.30. The van der Waals surface area contributed by atoms with Gasteiger partial charge in [0.15, 0.2) is 0 Å². The summed E-state index contributed by atoms with van der Waals surface area (Å²) in [6.07, 6.45) is 0.862. The highest BCUT2D eigenvalue weighted by molar-refractivity contribution is 9.10. The molecule has 4 rings (SSSR count). The van der Waals surface area contributed by atoms with Gasteiger partial charge in [0.1, 0.15) is 0 Å². The smallest absolute Gasteiger partial charge is 0.243 e. The molecule has 2 aromatic carbocycles. The summed E-state index contributed by atoms with van der Waals surface area (Å²) >= 11 is 9.48. The minimum absolute atomic E-state index is 0.0761. The van der Waals surface area contributed by atoms with Crippen LogP contribution < -0.4 is 5.32 Å². The van der Waals surface area contributed by atoms with Gasteiger partial charge in [-0.15, -0.1) is 0 Å². The van der Waals surface area contributed by atoms with Crippen LogP contribution in [0, 0.1) is 0 Å². The van der Waals surface area contributed by atoms with Crippen molar-refractivity contribution in [2.24, 2.45) is 0 Å². The Kier molecular flexibility index (Phi) is 3.79. The number of halogens is 2. The van der Waals surface area contributed by atoms with Gasteiger partial charge in [0, 0.05) is 9.50 Å². The van der Waals surface area contributed by atoms with Gasteiger partial charge in [0.2, 0.25) is 5.95 Å². The Morgan fingerprint density at radius 3 is 2.48 bits per heavy atom. The molecule has 0 radical (unpaired) electrons. The number of nitrogens with zero attached hydrogens (tertiary/aromatic N) is 4. The average molecular weight is 391 g/mol. The van der Waals surface area contributed by atoms with E-state index in [4.69, 9.17) is 11.6 Å². The molecule has 0 aliphatic carbocycles. The number of hydrogen-bond donors (Lipinski definition) is 1. The maximum Gasteiger partial charge on any atom is 0.243 e. The Balaban J connectivity index is 1.71. The van der Waals surface area contributed by atoms with Gasteiger partial charge >= 0.3 is 0 Å². The summed E-state index contributed by atoms with van der Waals surface area (Å²) in [5, 5.41) is 16.2. The van der Waals surface area contributed by atoms with E-state index in [2.05, 4.69) is 48.9 Å². The van der Waals surface area contributed by atoms with Crippen molar-refractivity contribution in [3.05, 3.63) is 69.2 Å². The summed E-state index contributed by atoms with van der Waals surface area (Å²) in [4.78, 5) is 0. The topological polar surface area (TPSA) is 55.6 Å². The molecule has 0 unspecified atom stereocenters. The zero-order valence-corrected chi connectivity index (χ0v) is 14.4. The molecule has 0 bridgehead atoms. The largest absolute Gasteiger partial charge is 0.346 e. The SMILES string of the molecule is Clc1ccc([C@@H]2C[C@H](c3ccc(Br)cc3)Nc3nnnn32)cc1. The van der Waals surface area contributed by atoms with E-state index in [1.54, 1.807) is 0 Å². The summed E-state index contributed by atoms with van der Waals surface area (Å²) < 4.78 is 2.90. The number of nitrogens with one attached hydrogen (secondary N) is 1. The van der Waals surface area contributed by atoms with Crippen molar-refractivity contribution in [3.8, 4) is 0 Å². The van der Waals surface area contributed by atoms with Crippen LogP contribution in [0.2, 0.25) is 5.02 Å². The van der Waals surface area contributed by atoms with Crippen LogP contribution in [0.15, 0.2) is 53.0 Å². The first kappa shape index (κ1) is 14.7. The van der Waals surface area contributed by atoms with Crippen molar-refractivity contribution >= 4 is 33.5 Å².